The number of nitrogens with zero attached hydrogens (tertiary/aromatic N) is 1. The SMILES string of the molecule is Cc1oc2nc[nH]c(=O)c2c1C(=O)NCCc1cccc(Cl)c1. The smallest absolute Gasteiger partial charge is 0.262 e. The van der Waals surface area contributed by atoms with Crippen LogP contribution in [0.1, 0.15) is 21.7 Å². The normalized spacial score (nSPS) is 10.9. The molecular formula is C16H14ClN3O3. The molecule has 1 aromatic carbocycles. The van der Waals surface area contributed by atoms with E-state index in [2.05, 4.69) is 15.3 Å². The maximum Gasteiger partial charge on any atom is 0.262 e. The Kier molecular flexibility index (Phi) is 4.16. The number of H-pyrrole nitrogens is 1. The molecule has 2 N–H and O–H groups in total. The van der Waals surface area contributed by atoms with Crippen molar-refractivity contribution in [3.05, 3.63) is 62.9 Å². The van der Waals surface area contributed by atoms with Crippen molar-refractivity contribution in [2.45, 2.75) is 13.3 Å². The summed E-state index contributed by atoms with van der Waals surface area (Å²) in [5.41, 5.74) is 1.00. The van der Waals surface area contributed by atoms with E-state index in [9.17, 15) is 9.59 Å². The molecule has 0 saturated heterocycles. The molecule has 23 heavy (non-hydrogen) atoms. The highest BCUT2D eigenvalue weighted by Gasteiger charge is 2.21. The lowest BCUT2D eigenvalue weighted by molar-refractivity contribution is 0.0954. The number of benzene rings is 1. The minimum atomic E-state index is -0.396. The van der Waals surface area contributed by atoms with Gasteiger partial charge in [-0.15, -0.1) is 0 Å². The fourth-order valence-corrected chi connectivity index (χ4v) is 2.64. The summed E-state index contributed by atoms with van der Waals surface area (Å²) in [4.78, 5) is 30.6. The maximum atomic E-state index is 12.4. The Labute approximate surface area is 136 Å². The quantitative estimate of drug-likeness (QED) is 0.768. The third-order valence-electron chi connectivity index (χ3n) is 3.49. The van der Waals surface area contributed by atoms with Gasteiger partial charge in [-0.3, -0.25) is 9.59 Å². The van der Waals surface area contributed by atoms with Crippen molar-refractivity contribution in [3.8, 4) is 0 Å². The van der Waals surface area contributed by atoms with Gasteiger partial charge in [0.1, 0.15) is 11.1 Å². The number of fused-ring (bicyclic) bond motifs is 1. The molecule has 2 aromatic heterocycles. The van der Waals surface area contributed by atoms with E-state index in [0.717, 1.165) is 5.56 Å². The number of hydrogen-bond acceptors (Lipinski definition) is 4. The van der Waals surface area contributed by atoms with E-state index >= 15 is 0 Å². The molecule has 7 heteroatoms. The number of furan rings is 1. The first kappa shape index (κ1) is 15.3. The molecule has 6 nitrogen and oxygen atoms in total. The molecule has 0 fully saturated rings. The predicted octanol–water partition coefficient (Wildman–Crippen LogP) is 2.45. The topological polar surface area (TPSA) is 88.0 Å². The van der Waals surface area contributed by atoms with Gasteiger partial charge in [0, 0.05) is 11.6 Å². The van der Waals surface area contributed by atoms with Gasteiger partial charge in [0.15, 0.2) is 0 Å². The fourth-order valence-electron chi connectivity index (χ4n) is 2.43. The van der Waals surface area contributed by atoms with E-state index in [-0.39, 0.29) is 22.6 Å². The number of carbonyl (C=O) groups excluding carboxylic acids is 1. The highest BCUT2D eigenvalue weighted by Crippen LogP contribution is 2.20. The fraction of sp³-hybridized carbons (Fsp3) is 0.188. The van der Waals surface area contributed by atoms with E-state index in [4.69, 9.17) is 16.0 Å². The molecule has 118 valence electrons. The summed E-state index contributed by atoms with van der Waals surface area (Å²) < 4.78 is 5.37. The van der Waals surface area contributed by atoms with Crippen LogP contribution in [0.4, 0.5) is 0 Å². The van der Waals surface area contributed by atoms with Gasteiger partial charge in [-0.05, 0) is 31.0 Å². The molecule has 0 aliphatic rings. The Hall–Kier alpha value is -2.60. The van der Waals surface area contributed by atoms with E-state index < -0.39 is 5.56 Å². The number of aromatic nitrogens is 2. The van der Waals surface area contributed by atoms with E-state index in [1.807, 2.05) is 18.2 Å². The summed E-state index contributed by atoms with van der Waals surface area (Å²) in [5, 5.41) is 3.62. The van der Waals surface area contributed by atoms with E-state index in [1.54, 1.807) is 13.0 Å². The van der Waals surface area contributed by atoms with Crippen LogP contribution in [0.2, 0.25) is 5.02 Å². The molecule has 1 amide bonds. The van der Waals surface area contributed by atoms with Crippen molar-refractivity contribution in [2.24, 2.45) is 0 Å². The third-order valence-corrected chi connectivity index (χ3v) is 3.72. The second kappa shape index (κ2) is 6.26. The van der Waals surface area contributed by atoms with Crippen LogP contribution in [0, 0.1) is 6.92 Å². The van der Waals surface area contributed by atoms with Crippen LogP contribution in [0.15, 0.2) is 39.8 Å². The minimum absolute atomic E-state index is 0.159. The average Bonchev–Trinajstić information content (AvgIpc) is 2.85. The molecule has 0 atom stereocenters. The average molecular weight is 332 g/mol. The number of hydrogen-bond donors (Lipinski definition) is 2. The Morgan fingerprint density at radius 3 is 3.04 bits per heavy atom. The van der Waals surface area contributed by atoms with E-state index in [1.165, 1.54) is 6.33 Å². The molecule has 0 aliphatic heterocycles. The monoisotopic (exact) mass is 331 g/mol. The summed E-state index contributed by atoms with van der Waals surface area (Å²) in [5.74, 6) is 0.00577. The molecule has 0 bridgehead atoms. The highest BCUT2D eigenvalue weighted by atomic mass is 35.5. The lowest BCUT2D eigenvalue weighted by Crippen LogP contribution is -2.27. The first-order valence-corrected chi connectivity index (χ1v) is 7.43. The molecule has 0 unspecified atom stereocenters. The molecule has 2 heterocycles. The standard InChI is InChI=1S/C16H14ClN3O3/c1-9-12(13-15(22)19-8-20-16(13)23-9)14(21)18-6-5-10-3-2-4-11(17)7-10/h2-4,7-8H,5-6H2,1H3,(H,18,21)(H,19,20,22). The van der Waals surface area contributed by atoms with Gasteiger partial charge in [0.05, 0.1) is 11.9 Å². The van der Waals surface area contributed by atoms with Gasteiger partial charge in [-0.1, -0.05) is 23.7 Å². The number of carbonyl (C=O) groups is 1. The van der Waals surface area contributed by atoms with Gasteiger partial charge in [-0.25, -0.2) is 4.98 Å². The lowest BCUT2D eigenvalue weighted by Gasteiger charge is -2.05. The number of aryl methyl sites for hydroxylation is 1. The first-order valence-electron chi connectivity index (χ1n) is 7.05. The van der Waals surface area contributed by atoms with Gasteiger partial charge in [-0.2, -0.15) is 0 Å². The molecule has 0 saturated carbocycles. The van der Waals surface area contributed by atoms with E-state index in [0.29, 0.717) is 23.7 Å². The first-order chi connectivity index (χ1) is 11.1. The Bertz CT molecular complexity index is 930. The molecule has 0 radical (unpaired) electrons. The van der Waals surface area contributed by atoms with Crippen molar-refractivity contribution in [2.75, 3.05) is 6.54 Å². The van der Waals surface area contributed by atoms with Crippen LogP contribution >= 0.6 is 11.6 Å². The zero-order valence-electron chi connectivity index (χ0n) is 12.4. The number of halogens is 1. The van der Waals surface area contributed by atoms with Crippen LogP contribution in [0.25, 0.3) is 11.1 Å². The van der Waals surface area contributed by atoms with Gasteiger partial charge >= 0.3 is 0 Å². The summed E-state index contributed by atoms with van der Waals surface area (Å²) in [6, 6.07) is 7.44. The van der Waals surface area contributed by atoms with Gasteiger partial charge in [0.25, 0.3) is 11.5 Å². The Morgan fingerprint density at radius 2 is 2.26 bits per heavy atom. The number of nitrogens with one attached hydrogen (secondary N) is 2. The maximum absolute atomic E-state index is 12.4. The lowest BCUT2D eigenvalue weighted by atomic mass is 10.1. The largest absolute Gasteiger partial charge is 0.442 e. The molecule has 0 aliphatic carbocycles. The third kappa shape index (κ3) is 3.12. The minimum Gasteiger partial charge on any atom is -0.442 e. The zero-order chi connectivity index (χ0) is 16.4. The van der Waals surface area contributed by atoms with Crippen molar-refractivity contribution in [3.63, 3.8) is 0 Å². The second-order valence-electron chi connectivity index (χ2n) is 5.08. The molecule has 3 aromatic rings. The van der Waals surface area contributed by atoms with Gasteiger partial charge < -0.3 is 14.7 Å². The van der Waals surface area contributed by atoms with Gasteiger partial charge in [0.2, 0.25) is 5.71 Å². The number of amides is 1. The van der Waals surface area contributed by atoms with Crippen molar-refractivity contribution >= 4 is 28.6 Å². The number of rotatable bonds is 4. The van der Waals surface area contributed by atoms with Crippen LogP contribution in [-0.4, -0.2) is 22.4 Å². The summed E-state index contributed by atoms with van der Waals surface area (Å²) in [7, 11) is 0. The van der Waals surface area contributed by atoms with Crippen LogP contribution in [0.5, 0.6) is 0 Å². The summed E-state index contributed by atoms with van der Waals surface area (Å²) in [6.07, 6.45) is 1.88. The zero-order valence-corrected chi connectivity index (χ0v) is 13.1. The summed E-state index contributed by atoms with van der Waals surface area (Å²) >= 11 is 5.93. The van der Waals surface area contributed by atoms with Crippen LogP contribution < -0.4 is 10.9 Å². The van der Waals surface area contributed by atoms with Crippen LogP contribution in [-0.2, 0) is 6.42 Å². The molecular weight excluding hydrogens is 318 g/mol. The van der Waals surface area contributed by atoms with Crippen molar-refractivity contribution < 1.29 is 9.21 Å². The molecule has 3 rings (SSSR count). The predicted molar refractivity (Wildman–Crippen MR) is 86.9 cm³/mol. The van der Waals surface area contributed by atoms with Crippen molar-refractivity contribution in [1.29, 1.82) is 0 Å². The Morgan fingerprint density at radius 1 is 1.43 bits per heavy atom. The number of aromatic amines is 1. The second-order valence-corrected chi connectivity index (χ2v) is 5.52. The summed E-state index contributed by atoms with van der Waals surface area (Å²) in [6.45, 7) is 2.05. The Balaban J connectivity index is 1.76. The van der Waals surface area contributed by atoms with Crippen LogP contribution in [0.3, 0.4) is 0 Å². The highest BCUT2D eigenvalue weighted by molar-refractivity contribution is 6.30. The van der Waals surface area contributed by atoms with Crippen molar-refractivity contribution in [1.82, 2.24) is 15.3 Å². The molecule has 0 spiro atoms.